The topological polar surface area (TPSA) is 58.8 Å². The van der Waals surface area contributed by atoms with E-state index < -0.39 is 0 Å². The molecule has 1 heterocycles. The standard InChI is InChI=1S/C11H6IN3O/c12-10-5-6-11(15-14-10)16-9-3-1-8(7-13)2-4-9/h1-6H. The van der Waals surface area contributed by atoms with Crippen LogP contribution < -0.4 is 4.74 Å². The van der Waals surface area contributed by atoms with Crippen molar-refractivity contribution in [1.29, 1.82) is 5.26 Å². The SMILES string of the molecule is N#Cc1ccc(Oc2ccc(I)nn2)cc1. The number of hydrogen-bond acceptors (Lipinski definition) is 4. The summed E-state index contributed by atoms with van der Waals surface area (Å²) < 4.78 is 6.26. The van der Waals surface area contributed by atoms with Gasteiger partial charge in [-0.25, -0.2) is 0 Å². The van der Waals surface area contributed by atoms with E-state index in [9.17, 15) is 0 Å². The van der Waals surface area contributed by atoms with Gasteiger partial charge in [0.1, 0.15) is 9.45 Å². The van der Waals surface area contributed by atoms with Crippen molar-refractivity contribution in [3.8, 4) is 17.7 Å². The largest absolute Gasteiger partial charge is 0.438 e. The van der Waals surface area contributed by atoms with Crippen LogP contribution in [0.5, 0.6) is 11.6 Å². The Kier molecular flexibility index (Phi) is 3.31. The van der Waals surface area contributed by atoms with Crippen LogP contribution in [0.1, 0.15) is 5.56 Å². The van der Waals surface area contributed by atoms with Crippen molar-refractivity contribution in [3.05, 3.63) is 45.7 Å². The van der Waals surface area contributed by atoms with Gasteiger partial charge in [-0.1, -0.05) is 0 Å². The first-order valence-electron chi connectivity index (χ1n) is 4.45. The molecule has 0 bridgehead atoms. The highest BCUT2D eigenvalue weighted by molar-refractivity contribution is 14.1. The van der Waals surface area contributed by atoms with Gasteiger partial charge in [0.15, 0.2) is 0 Å². The number of nitriles is 1. The van der Waals surface area contributed by atoms with Crippen LogP contribution in [0.25, 0.3) is 0 Å². The fraction of sp³-hybridized carbons (Fsp3) is 0. The molecule has 5 heteroatoms. The second-order valence-electron chi connectivity index (χ2n) is 2.93. The maximum absolute atomic E-state index is 8.63. The number of aromatic nitrogens is 2. The molecule has 16 heavy (non-hydrogen) atoms. The van der Waals surface area contributed by atoms with E-state index in [1.54, 1.807) is 30.3 Å². The lowest BCUT2D eigenvalue weighted by atomic mass is 10.2. The molecule has 0 aliphatic carbocycles. The molecule has 2 rings (SSSR count). The van der Waals surface area contributed by atoms with Gasteiger partial charge < -0.3 is 4.74 Å². The molecule has 78 valence electrons. The molecule has 0 amide bonds. The lowest BCUT2D eigenvalue weighted by Gasteiger charge is -2.03. The van der Waals surface area contributed by atoms with E-state index in [4.69, 9.17) is 10.00 Å². The average molecular weight is 323 g/mol. The Hall–Kier alpha value is -1.68. The van der Waals surface area contributed by atoms with Gasteiger partial charge in [-0.15, -0.1) is 10.2 Å². The van der Waals surface area contributed by atoms with Gasteiger partial charge in [-0.2, -0.15) is 5.26 Å². The zero-order valence-corrected chi connectivity index (χ0v) is 10.2. The number of rotatable bonds is 2. The third-order valence-corrected chi connectivity index (χ3v) is 2.39. The summed E-state index contributed by atoms with van der Waals surface area (Å²) in [4.78, 5) is 0. The third-order valence-electron chi connectivity index (χ3n) is 1.81. The summed E-state index contributed by atoms with van der Waals surface area (Å²) in [6.07, 6.45) is 0. The highest BCUT2D eigenvalue weighted by atomic mass is 127. The molecule has 0 unspecified atom stereocenters. The number of halogens is 1. The van der Waals surface area contributed by atoms with E-state index in [0.29, 0.717) is 17.2 Å². The van der Waals surface area contributed by atoms with E-state index in [1.807, 2.05) is 12.1 Å². The summed E-state index contributed by atoms with van der Waals surface area (Å²) in [6.45, 7) is 0. The first kappa shape index (κ1) is 10.8. The molecular formula is C11H6IN3O. The zero-order chi connectivity index (χ0) is 11.4. The summed E-state index contributed by atoms with van der Waals surface area (Å²) in [5.74, 6) is 1.07. The fourth-order valence-electron chi connectivity index (χ4n) is 1.08. The van der Waals surface area contributed by atoms with Gasteiger partial charge in [0.05, 0.1) is 11.6 Å². The molecule has 4 nitrogen and oxygen atoms in total. The van der Waals surface area contributed by atoms with Crippen LogP contribution in [-0.2, 0) is 0 Å². The number of nitrogens with zero attached hydrogens (tertiary/aromatic N) is 3. The molecule has 0 aliphatic rings. The summed E-state index contributed by atoms with van der Waals surface area (Å²) in [5.41, 5.74) is 0.598. The number of hydrogen-bond donors (Lipinski definition) is 0. The smallest absolute Gasteiger partial charge is 0.238 e. The van der Waals surface area contributed by atoms with E-state index in [0.717, 1.165) is 3.70 Å². The van der Waals surface area contributed by atoms with Crippen LogP contribution in [0.2, 0.25) is 0 Å². The number of benzene rings is 1. The monoisotopic (exact) mass is 323 g/mol. The minimum Gasteiger partial charge on any atom is -0.438 e. The molecule has 0 saturated carbocycles. The highest BCUT2D eigenvalue weighted by Gasteiger charge is 1.99. The van der Waals surface area contributed by atoms with Crippen molar-refractivity contribution in [2.75, 3.05) is 0 Å². The predicted molar refractivity (Wildman–Crippen MR) is 66.0 cm³/mol. The molecule has 0 N–H and O–H groups in total. The van der Waals surface area contributed by atoms with Crippen molar-refractivity contribution >= 4 is 22.6 Å². The summed E-state index contributed by atoms with van der Waals surface area (Å²) in [5, 5.41) is 16.4. The summed E-state index contributed by atoms with van der Waals surface area (Å²) in [7, 11) is 0. The van der Waals surface area contributed by atoms with Crippen LogP contribution in [0.3, 0.4) is 0 Å². The first-order valence-corrected chi connectivity index (χ1v) is 5.53. The Morgan fingerprint density at radius 1 is 1.06 bits per heavy atom. The lowest BCUT2D eigenvalue weighted by molar-refractivity contribution is 0.454. The van der Waals surface area contributed by atoms with Crippen molar-refractivity contribution in [2.45, 2.75) is 0 Å². The quantitative estimate of drug-likeness (QED) is 0.798. The summed E-state index contributed by atoms with van der Waals surface area (Å²) in [6, 6.07) is 12.4. The van der Waals surface area contributed by atoms with E-state index in [1.165, 1.54) is 0 Å². The Balaban J connectivity index is 2.15. The second-order valence-corrected chi connectivity index (χ2v) is 4.04. The van der Waals surface area contributed by atoms with Gasteiger partial charge in [-0.05, 0) is 52.9 Å². The van der Waals surface area contributed by atoms with E-state index >= 15 is 0 Å². The second kappa shape index (κ2) is 4.90. The lowest BCUT2D eigenvalue weighted by Crippen LogP contribution is -1.91. The van der Waals surface area contributed by atoms with Crippen molar-refractivity contribution < 1.29 is 4.74 Å². The predicted octanol–water partition coefficient (Wildman–Crippen LogP) is 2.75. The fourth-order valence-corrected chi connectivity index (χ4v) is 1.36. The Labute approximate surface area is 106 Å². The van der Waals surface area contributed by atoms with Crippen molar-refractivity contribution in [2.24, 2.45) is 0 Å². The first-order chi connectivity index (χ1) is 7.78. The molecule has 0 atom stereocenters. The Bertz CT molecular complexity index is 516. The van der Waals surface area contributed by atoms with Crippen LogP contribution in [-0.4, -0.2) is 10.2 Å². The molecule has 1 aromatic heterocycles. The van der Waals surface area contributed by atoms with Crippen LogP contribution in [0, 0.1) is 15.0 Å². The third kappa shape index (κ3) is 2.67. The van der Waals surface area contributed by atoms with Crippen molar-refractivity contribution in [1.82, 2.24) is 10.2 Å². The molecule has 0 aliphatic heterocycles. The van der Waals surface area contributed by atoms with E-state index in [-0.39, 0.29) is 0 Å². The Morgan fingerprint density at radius 3 is 2.38 bits per heavy atom. The molecular weight excluding hydrogens is 317 g/mol. The summed E-state index contributed by atoms with van der Waals surface area (Å²) >= 11 is 2.07. The van der Waals surface area contributed by atoms with Gasteiger partial charge in [0.2, 0.25) is 5.88 Å². The van der Waals surface area contributed by atoms with Gasteiger partial charge in [0.25, 0.3) is 0 Å². The Morgan fingerprint density at radius 2 is 1.81 bits per heavy atom. The molecule has 2 aromatic rings. The average Bonchev–Trinajstić information content (AvgIpc) is 2.33. The normalized spacial score (nSPS) is 9.50. The molecule has 0 saturated heterocycles. The molecule has 0 radical (unpaired) electrons. The van der Waals surface area contributed by atoms with Gasteiger partial charge in [-0.3, -0.25) is 0 Å². The molecule has 1 aromatic carbocycles. The van der Waals surface area contributed by atoms with Crippen LogP contribution in [0.15, 0.2) is 36.4 Å². The zero-order valence-electron chi connectivity index (χ0n) is 8.09. The molecule has 0 fully saturated rings. The van der Waals surface area contributed by atoms with Crippen LogP contribution >= 0.6 is 22.6 Å². The van der Waals surface area contributed by atoms with E-state index in [2.05, 4.69) is 32.8 Å². The minimum atomic E-state index is 0.435. The minimum absolute atomic E-state index is 0.435. The highest BCUT2D eigenvalue weighted by Crippen LogP contribution is 2.19. The van der Waals surface area contributed by atoms with Gasteiger partial charge >= 0.3 is 0 Å². The van der Waals surface area contributed by atoms with Crippen molar-refractivity contribution in [3.63, 3.8) is 0 Å². The van der Waals surface area contributed by atoms with Gasteiger partial charge in [0, 0.05) is 6.07 Å². The molecule has 0 spiro atoms. The maximum atomic E-state index is 8.63. The maximum Gasteiger partial charge on any atom is 0.238 e. The number of ether oxygens (including phenoxy) is 1. The van der Waals surface area contributed by atoms with Crippen LogP contribution in [0.4, 0.5) is 0 Å².